The van der Waals surface area contributed by atoms with Gasteiger partial charge in [0.15, 0.2) is 0 Å². The topological polar surface area (TPSA) is 60.7 Å². The molecule has 27 heavy (non-hydrogen) atoms. The lowest BCUT2D eigenvalue weighted by atomic mass is 9.77. The van der Waals surface area contributed by atoms with E-state index in [4.69, 9.17) is 21.9 Å². The normalized spacial score (nSPS) is 26.0. The quantitative estimate of drug-likeness (QED) is 0.518. The van der Waals surface area contributed by atoms with Crippen LogP contribution in [0, 0.1) is 5.53 Å². The average molecular weight is 409 g/mol. The Morgan fingerprint density at radius 3 is 3.15 bits per heavy atom. The van der Waals surface area contributed by atoms with Crippen molar-refractivity contribution in [3.63, 3.8) is 0 Å². The Morgan fingerprint density at radius 2 is 2.41 bits per heavy atom. The first-order chi connectivity index (χ1) is 13.1. The summed E-state index contributed by atoms with van der Waals surface area (Å²) in [6.07, 6.45) is 6.80. The van der Waals surface area contributed by atoms with Crippen molar-refractivity contribution in [2.24, 2.45) is 5.11 Å². The van der Waals surface area contributed by atoms with Crippen molar-refractivity contribution in [1.29, 1.82) is 5.53 Å². The maximum atomic E-state index is 7.48. The van der Waals surface area contributed by atoms with Gasteiger partial charge in [0.05, 0.1) is 17.9 Å². The maximum absolute atomic E-state index is 7.48. The van der Waals surface area contributed by atoms with Crippen LogP contribution in [0.4, 0.5) is 0 Å². The van der Waals surface area contributed by atoms with Gasteiger partial charge in [0.1, 0.15) is 0 Å². The molecule has 1 unspecified atom stereocenters. The lowest BCUT2D eigenvalue weighted by Gasteiger charge is -2.48. The van der Waals surface area contributed by atoms with Gasteiger partial charge in [-0.05, 0) is 55.7 Å². The van der Waals surface area contributed by atoms with Crippen molar-refractivity contribution in [3.8, 4) is 0 Å². The van der Waals surface area contributed by atoms with Gasteiger partial charge in [-0.15, -0.1) is 0 Å². The van der Waals surface area contributed by atoms with Crippen LogP contribution in [0.5, 0.6) is 0 Å². The van der Waals surface area contributed by atoms with Gasteiger partial charge in [-0.2, -0.15) is 16.9 Å². The fraction of sp³-hybridized carbons (Fsp3) is 0.600. The molecular weight excluding hydrogens is 380 g/mol. The molecule has 2 aliphatic rings. The van der Waals surface area contributed by atoms with E-state index in [1.165, 1.54) is 11.1 Å². The molecule has 2 atom stereocenters. The van der Waals surface area contributed by atoms with E-state index >= 15 is 0 Å². The summed E-state index contributed by atoms with van der Waals surface area (Å²) in [4.78, 5) is 2.40. The molecule has 1 saturated heterocycles. The number of likely N-dealkylation sites (tertiary alicyclic amines) is 1. The Kier molecular flexibility index (Phi) is 7.20. The summed E-state index contributed by atoms with van der Waals surface area (Å²) < 4.78 is 6.35. The van der Waals surface area contributed by atoms with Crippen molar-refractivity contribution in [2.75, 3.05) is 38.2 Å². The Hall–Kier alpha value is -1.08. The standard InChI is InChI=1S/C20H29ClN4OS/c1-15-12-20(19-11-17(21)4-3-16(19)5-9-26-20)6-8-25(15)14-18(24-22)13-23-7-10-27-2/h3-4,11,13,15,22-23H,5-10,12,14H2,1-2H3/b18-13-,24-22?/t15-,20?/m0/s1. The number of nitrogens with zero attached hydrogens (tertiary/aromatic N) is 2. The number of benzene rings is 1. The highest BCUT2D eigenvalue weighted by Gasteiger charge is 2.43. The minimum Gasteiger partial charge on any atom is -0.389 e. The predicted octanol–water partition coefficient (Wildman–Crippen LogP) is 4.42. The van der Waals surface area contributed by atoms with Crippen LogP contribution >= 0.6 is 23.4 Å². The van der Waals surface area contributed by atoms with Gasteiger partial charge in [0.2, 0.25) is 0 Å². The Morgan fingerprint density at radius 1 is 1.56 bits per heavy atom. The Balaban J connectivity index is 1.68. The molecule has 0 amide bonds. The summed E-state index contributed by atoms with van der Waals surface area (Å²) in [5, 5.41) is 7.75. The van der Waals surface area contributed by atoms with Crippen molar-refractivity contribution in [1.82, 2.24) is 10.2 Å². The van der Waals surface area contributed by atoms with Crippen molar-refractivity contribution < 1.29 is 4.74 Å². The molecule has 1 aromatic carbocycles. The molecule has 0 aromatic heterocycles. The highest BCUT2D eigenvalue weighted by Crippen LogP contribution is 2.44. The maximum Gasteiger partial charge on any atom is 0.0961 e. The van der Waals surface area contributed by atoms with Crippen molar-refractivity contribution in [3.05, 3.63) is 46.2 Å². The van der Waals surface area contributed by atoms with Crippen LogP contribution in [-0.2, 0) is 16.8 Å². The fourth-order valence-corrected chi connectivity index (χ4v) is 4.65. The van der Waals surface area contributed by atoms with E-state index in [0.29, 0.717) is 12.6 Å². The molecule has 2 heterocycles. The number of nitrogens with one attached hydrogen (secondary N) is 2. The highest BCUT2D eigenvalue weighted by molar-refractivity contribution is 7.98. The predicted molar refractivity (Wildman–Crippen MR) is 113 cm³/mol. The van der Waals surface area contributed by atoms with Gasteiger partial charge in [-0.1, -0.05) is 17.7 Å². The Labute approximate surface area is 171 Å². The third-order valence-corrected chi connectivity index (χ3v) is 6.44. The molecule has 0 aliphatic carbocycles. The number of halogens is 1. The number of hydrogen-bond acceptors (Lipinski definition) is 6. The number of hydrogen-bond donors (Lipinski definition) is 2. The molecule has 0 saturated carbocycles. The smallest absolute Gasteiger partial charge is 0.0961 e. The van der Waals surface area contributed by atoms with Crippen LogP contribution in [0.3, 0.4) is 0 Å². The van der Waals surface area contributed by atoms with Crippen molar-refractivity contribution in [2.45, 2.75) is 37.8 Å². The number of thioether (sulfide) groups is 1. The van der Waals surface area contributed by atoms with Gasteiger partial charge in [-0.25, -0.2) is 5.53 Å². The zero-order valence-electron chi connectivity index (χ0n) is 16.1. The molecule has 3 rings (SSSR count). The van der Waals surface area contributed by atoms with Gasteiger partial charge >= 0.3 is 0 Å². The first kappa shape index (κ1) is 20.6. The van der Waals surface area contributed by atoms with Gasteiger partial charge in [0.25, 0.3) is 0 Å². The van der Waals surface area contributed by atoms with Crippen LogP contribution < -0.4 is 5.32 Å². The minimum absolute atomic E-state index is 0.229. The van der Waals surface area contributed by atoms with E-state index in [2.05, 4.69) is 40.6 Å². The summed E-state index contributed by atoms with van der Waals surface area (Å²) in [5.74, 6) is 1.05. The molecule has 2 aliphatic heterocycles. The third kappa shape index (κ3) is 4.86. The molecule has 1 aromatic rings. The number of rotatable bonds is 7. The molecular formula is C20H29ClN4OS. The largest absolute Gasteiger partial charge is 0.389 e. The second-order valence-electron chi connectivity index (χ2n) is 7.36. The van der Waals surface area contributed by atoms with E-state index < -0.39 is 0 Å². The van der Waals surface area contributed by atoms with E-state index in [0.717, 1.165) is 55.4 Å². The lowest BCUT2D eigenvalue weighted by molar-refractivity contribution is -0.110. The summed E-state index contributed by atoms with van der Waals surface area (Å²) in [6, 6.07) is 6.58. The molecule has 1 spiro atoms. The third-order valence-electron chi connectivity index (χ3n) is 5.59. The summed E-state index contributed by atoms with van der Waals surface area (Å²) in [5.41, 5.74) is 10.7. The SMILES string of the molecule is CSCCN/C=C(/CN1CCC2(C[C@@H]1C)OCCc1ccc(Cl)cc12)N=N. The average Bonchev–Trinajstić information content (AvgIpc) is 2.67. The second-order valence-corrected chi connectivity index (χ2v) is 8.78. The first-order valence-electron chi connectivity index (χ1n) is 9.54. The van der Waals surface area contributed by atoms with Crippen molar-refractivity contribution >= 4 is 23.4 Å². The van der Waals surface area contributed by atoms with E-state index in [1.54, 1.807) is 11.8 Å². The first-order valence-corrected chi connectivity index (χ1v) is 11.3. The van der Waals surface area contributed by atoms with Crippen LogP contribution in [0.15, 0.2) is 35.2 Å². The molecule has 2 N–H and O–H groups in total. The Bertz CT molecular complexity index is 699. The summed E-state index contributed by atoms with van der Waals surface area (Å²) >= 11 is 8.09. The van der Waals surface area contributed by atoms with Crippen LogP contribution in [-0.4, -0.2) is 49.2 Å². The molecule has 5 nitrogen and oxygen atoms in total. The van der Waals surface area contributed by atoms with Gasteiger partial charge in [0, 0.05) is 42.7 Å². The second kappa shape index (κ2) is 9.41. The summed E-state index contributed by atoms with van der Waals surface area (Å²) in [7, 11) is 0. The van der Waals surface area contributed by atoms with E-state index in [9.17, 15) is 0 Å². The zero-order chi connectivity index (χ0) is 19.3. The van der Waals surface area contributed by atoms with E-state index in [-0.39, 0.29) is 5.60 Å². The minimum atomic E-state index is -0.229. The van der Waals surface area contributed by atoms with E-state index in [1.807, 2.05) is 12.3 Å². The van der Waals surface area contributed by atoms with Crippen LogP contribution in [0.25, 0.3) is 0 Å². The molecule has 0 bridgehead atoms. The molecule has 0 radical (unpaired) electrons. The number of ether oxygens (including phenoxy) is 1. The molecule has 148 valence electrons. The van der Waals surface area contributed by atoms with Crippen LogP contribution in [0.2, 0.25) is 5.02 Å². The molecule has 1 fully saturated rings. The summed E-state index contributed by atoms with van der Waals surface area (Å²) in [6.45, 7) is 5.52. The zero-order valence-corrected chi connectivity index (χ0v) is 17.7. The lowest BCUT2D eigenvalue weighted by Crippen LogP contribution is -2.51. The number of fused-ring (bicyclic) bond motifs is 2. The fourth-order valence-electron chi connectivity index (χ4n) is 4.16. The highest BCUT2D eigenvalue weighted by atomic mass is 35.5. The monoisotopic (exact) mass is 408 g/mol. The molecule has 7 heteroatoms. The number of piperidine rings is 1. The van der Waals surface area contributed by atoms with Crippen LogP contribution in [0.1, 0.15) is 30.9 Å². The van der Waals surface area contributed by atoms with Gasteiger partial charge in [-0.3, -0.25) is 4.90 Å². The van der Waals surface area contributed by atoms with Gasteiger partial charge < -0.3 is 10.1 Å².